The maximum absolute atomic E-state index is 11.2. The van der Waals surface area contributed by atoms with Crippen LogP contribution in [-0.4, -0.2) is 18.0 Å². The standard InChI is InChI=1S/C7H10N2OS/c1-5-3-4-11-6(5)7(10)9(2)8/h3-4H,8H2,1-2H3. The average molecular weight is 170 g/mol. The number of nitrogens with zero attached hydrogens (tertiary/aromatic N) is 1. The molecule has 11 heavy (non-hydrogen) atoms. The van der Waals surface area contributed by atoms with Gasteiger partial charge in [-0.2, -0.15) is 0 Å². The fourth-order valence-electron chi connectivity index (χ4n) is 0.752. The molecule has 1 heterocycles. The summed E-state index contributed by atoms with van der Waals surface area (Å²) in [5.74, 6) is 5.16. The molecule has 2 N–H and O–H groups in total. The highest BCUT2D eigenvalue weighted by atomic mass is 32.1. The molecule has 0 radical (unpaired) electrons. The lowest BCUT2D eigenvalue weighted by Crippen LogP contribution is -2.32. The summed E-state index contributed by atoms with van der Waals surface area (Å²) in [5.41, 5.74) is 0.984. The van der Waals surface area contributed by atoms with Gasteiger partial charge < -0.3 is 0 Å². The van der Waals surface area contributed by atoms with E-state index in [0.717, 1.165) is 15.4 Å². The van der Waals surface area contributed by atoms with Gasteiger partial charge in [0.25, 0.3) is 5.91 Å². The molecule has 1 rings (SSSR count). The van der Waals surface area contributed by atoms with Gasteiger partial charge in [-0.3, -0.25) is 9.80 Å². The second-order valence-corrected chi connectivity index (χ2v) is 3.26. The van der Waals surface area contributed by atoms with Crippen LogP contribution in [0.1, 0.15) is 15.2 Å². The predicted molar refractivity (Wildman–Crippen MR) is 45.3 cm³/mol. The monoisotopic (exact) mass is 170 g/mol. The number of hydrazine groups is 1. The van der Waals surface area contributed by atoms with Gasteiger partial charge in [0.1, 0.15) is 0 Å². The zero-order valence-corrected chi connectivity index (χ0v) is 7.31. The molecule has 1 aromatic rings. The second-order valence-electron chi connectivity index (χ2n) is 2.35. The van der Waals surface area contributed by atoms with Crippen molar-refractivity contribution >= 4 is 17.2 Å². The molecule has 0 aliphatic carbocycles. The number of carbonyl (C=O) groups excluding carboxylic acids is 1. The van der Waals surface area contributed by atoms with E-state index in [4.69, 9.17) is 5.84 Å². The van der Waals surface area contributed by atoms with Gasteiger partial charge in [-0.1, -0.05) is 0 Å². The predicted octanol–water partition coefficient (Wildman–Crippen LogP) is 1.00. The number of aryl methyl sites for hydroxylation is 1. The Morgan fingerprint density at radius 1 is 1.73 bits per heavy atom. The molecular formula is C7H10N2OS. The third-order valence-corrected chi connectivity index (χ3v) is 2.38. The van der Waals surface area contributed by atoms with Gasteiger partial charge >= 0.3 is 0 Å². The van der Waals surface area contributed by atoms with E-state index in [-0.39, 0.29) is 5.91 Å². The van der Waals surface area contributed by atoms with Gasteiger partial charge in [-0.15, -0.1) is 11.3 Å². The van der Waals surface area contributed by atoms with Gasteiger partial charge in [-0.25, -0.2) is 5.84 Å². The van der Waals surface area contributed by atoms with Gasteiger partial charge in [-0.05, 0) is 23.9 Å². The van der Waals surface area contributed by atoms with Crippen LogP contribution in [0.2, 0.25) is 0 Å². The first kappa shape index (κ1) is 8.23. The molecule has 0 bridgehead atoms. The second kappa shape index (κ2) is 3.02. The van der Waals surface area contributed by atoms with Crippen LogP contribution in [0.15, 0.2) is 11.4 Å². The topological polar surface area (TPSA) is 46.3 Å². The molecule has 0 spiro atoms. The highest BCUT2D eigenvalue weighted by Gasteiger charge is 2.11. The maximum atomic E-state index is 11.2. The van der Waals surface area contributed by atoms with Gasteiger partial charge in [0.15, 0.2) is 0 Å². The van der Waals surface area contributed by atoms with Crippen molar-refractivity contribution in [3.8, 4) is 0 Å². The molecule has 3 nitrogen and oxygen atoms in total. The number of hydrogen-bond acceptors (Lipinski definition) is 3. The van der Waals surface area contributed by atoms with E-state index in [0.29, 0.717) is 0 Å². The Balaban J connectivity index is 2.93. The molecule has 60 valence electrons. The molecule has 0 unspecified atom stereocenters. The van der Waals surface area contributed by atoms with Crippen molar-refractivity contribution in [2.75, 3.05) is 7.05 Å². The summed E-state index contributed by atoms with van der Waals surface area (Å²) in [6.07, 6.45) is 0. The Morgan fingerprint density at radius 3 is 2.73 bits per heavy atom. The van der Waals surface area contributed by atoms with Crippen LogP contribution in [0.3, 0.4) is 0 Å². The lowest BCUT2D eigenvalue weighted by Gasteiger charge is -2.07. The Labute approximate surface area is 69.4 Å². The fourth-order valence-corrected chi connectivity index (χ4v) is 1.66. The van der Waals surface area contributed by atoms with Crippen LogP contribution in [0, 0.1) is 6.92 Å². The molecule has 0 atom stereocenters. The number of carbonyl (C=O) groups is 1. The summed E-state index contributed by atoms with van der Waals surface area (Å²) >= 11 is 1.41. The summed E-state index contributed by atoms with van der Waals surface area (Å²) in [5, 5.41) is 2.98. The third kappa shape index (κ3) is 1.58. The minimum absolute atomic E-state index is 0.127. The number of rotatable bonds is 1. The van der Waals surface area contributed by atoms with Crippen LogP contribution < -0.4 is 5.84 Å². The molecule has 0 aliphatic rings. The van der Waals surface area contributed by atoms with E-state index in [1.165, 1.54) is 11.3 Å². The smallest absolute Gasteiger partial charge is 0.277 e. The van der Waals surface area contributed by atoms with Crippen molar-refractivity contribution in [1.29, 1.82) is 0 Å². The molecule has 1 aromatic heterocycles. The first-order chi connectivity index (χ1) is 5.13. The van der Waals surface area contributed by atoms with Gasteiger partial charge in [0.2, 0.25) is 0 Å². The number of amides is 1. The minimum Gasteiger partial charge on any atom is -0.279 e. The summed E-state index contributed by atoms with van der Waals surface area (Å²) < 4.78 is 0. The van der Waals surface area contributed by atoms with Crippen molar-refractivity contribution < 1.29 is 4.79 Å². The highest BCUT2D eigenvalue weighted by molar-refractivity contribution is 7.12. The molecule has 0 aromatic carbocycles. The van der Waals surface area contributed by atoms with E-state index < -0.39 is 0 Å². The van der Waals surface area contributed by atoms with Crippen molar-refractivity contribution in [3.05, 3.63) is 21.9 Å². The minimum atomic E-state index is -0.127. The quantitative estimate of drug-likeness (QED) is 0.388. The van der Waals surface area contributed by atoms with Crippen molar-refractivity contribution in [1.82, 2.24) is 5.01 Å². The molecule has 4 heteroatoms. The van der Waals surface area contributed by atoms with E-state index in [2.05, 4.69) is 0 Å². The molecule has 0 saturated heterocycles. The molecule has 0 saturated carbocycles. The molecule has 0 aliphatic heterocycles. The highest BCUT2D eigenvalue weighted by Crippen LogP contribution is 2.15. The molecular weight excluding hydrogens is 160 g/mol. The first-order valence-electron chi connectivity index (χ1n) is 3.19. The van der Waals surface area contributed by atoms with Gasteiger partial charge in [0, 0.05) is 7.05 Å². The van der Waals surface area contributed by atoms with E-state index in [1.54, 1.807) is 7.05 Å². The van der Waals surface area contributed by atoms with Crippen LogP contribution in [0.5, 0.6) is 0 Å². The average Bonchev–Trinajstić information content (AvgIpc) is 2.33. The largest absolute Gasteiger partial charge is 0.279 e. The summed E-state index contributed by atoms with van der Waals surface area (Å²) in [7, 11) is 1.54. The van der Waals surface area contributed by atoms with Gasteiger partial charge in [0.05, 0.1) is 4.88 Å². The normalized spacial score (nSPS) is 9.73. The van der Waals surface area contributed by atoms with Crippen molar-refractivity contribution in [2.45, 2.75) is 6.92 Å². The van der Waals surface area contributed by atoms with Crippen LogP contribution in [-0.2, 0) is 0 Å². The summed E-state index contributed by atoms with van der Waals surface area (Å²) in [4.78, 5) is 12.0. The van der Waals surface area contributed by atoms with E-state index in [9.17, 15) is 4.79 Å². The summed E-state index contributed by atoms with van der Waals surface area (Å²) in [6.45, 7) is 1.90. The Kier molecular flexibility index (Phi) is 2.26. The third-order valence-electron chi connectivity index (χ3n) is 1.38. The van der Waals surface area contributed by atoms with Crippen molar-refractivity contribution in [2.24, 2.45) is 5.84 Å². The lowest BCUT2D eigenvalue weighted by molar-refractivity contribution is 0.0799. The number of thiophene rings is 1. The first-order valence-corrected chi connectivity index (χ1v) is 4.07. The molecule has 1 amide bonds. The Bertz CT molecular complexity index is 267. The fraction of sp³-hybridized carbons (Fsp3) is 0.286. The van der Waals surface area contributed by atoms with Crippen LogP contribution >= 0.6 is 11.3 Å². The Hall–Kier alpha value is -0.870. The van der Waals surface area contributed by atoms with E-state index >= 15 is 0 Å². The maximum Gasteiger partial charge on any atom is 0.277 e. The van der Waals surface area contributed by atoms with Crippen molar-refractivity contribution in [3.63, 3.8) is 0 Å². The van der Waals surface area contributed by atoms with E-state index in [1.807, 2.05) is 18.4 Å². The molecule has 0 fully saturated rings. The number of nitrogens with two attached hydrogens (primary N) is 1. The van der Waals surface area contributed by atoms with Crippen LogP contribution in [0.25, 0.3) is 0 Å². The Morgan fingerprint density at radius 2 is 2.36 bits per heavy atom. The zero-order valence-electron chi connectivity index (χ0n) is 6.50. The number of hydrogen-bond donors (Lipinski definition) is 1. The zero-order chi connectivity index (χ0) is 8.43. The van der Waals surface area contributed by atoms with Crippen LogP contribution in [0.4, 0.5) is 0 Å². The summed E-state index contributed by atoms with van der Waals surface area (Å²) in [6, 6.07) is 1.90. The SMILES string of the molecule is Cc1ccsc1C(=O)N(C)N. The lowest BCUT2D eigenvalue weighted by atomic mass is 10.3.